The van der Waals surface area contributed by atoms with Crippen molar-refractivity contribution < 1.29 is 29.0 Å². The van der Waals surface area contributed by atoms with Crippen molar-refractivity contribution in [3.63, 3.8) is 0 Å². The molecule has 0 aromatic rings. The van der Waals surface area contributed by atoms with E-state index in [1.807, 2.05) is 0 Å². The van der Waals surface area contributed by atoms with E-state index in [0.717, 1.165) is 0 Å². The average molecular weight is 214 g/mol. The van der Waals surface area contributed by atoms with Crippen molar-refractivity contribution in [2.45, 2.75) is 38.3 Å². The first-order valence-electron chi connectivity index (χ1n) is 3.99. The number of hydrogen-bond donors (Lipinski definition) is 4. The molecule has 0 saturated carbocycles. The van der Waals surface area contributed by atoms with Crippen LogP contribution in [0, 0.1) is 0 Å². The quantitative estimate of drug-likeness (QED) is 0.437. The number of rotatable bonds is 2. The minimum absolute atomic E-state index is 0.434. The maximum atomic E-state index is 9.43. The van der Waals surface area contributed by atoms with Crippen LogP contribution in [0.5, 0.6) is 0 Å². The average Bonchev–Trinajstić information content (AvgIpc) is 2.14. The van der Waals surface area contributed by atoms with Gasteiger partial charge in [-0.2, -0.15) is 0 Å². The van der Waals surface area contributed by atoms with E-state index in [-0.39, 0.29) is 0 Å². The van der Waals surface area contributed by atoms with Crippen LogP contribution >= 0.6 is 8.17 Å². The number of hydrogen-bond acceptors (Lipinski definition) is 6. The fourth-order valence-electron chi connectivity index (χ4n) is 1.39. The van der Waals surface area contributed by atoms with Gasteiger partial charge in [-0.3, -0.25) is 0 Å². The van der Waals surface area contributed by atoms with Gasteiger partial charge < -0.3 is 0 Å². The summed E-state index contributed by atoms with van der Waals surface area (Å²) in [5.74, 6) is 0. The molecular weight excluding hydrogens is 199 g/mol. The molecule has 80 valence electrons. The molecule has 1 fully saturated rings. The zero-order valence-corrected chi connectivity index (χ0v) is 8.41. The summed E-state index contributed by atoms with van der Waals surface area (Å²) in [4.78, 5) is 26.0. The van der Waals surface area contributed by atoms with Crippen LogP contribution in [0.1, 0.15) is 13.8 Å². The fraction of sp³-hybridized carbons (Fsp3) is 1.00. The van der Waals surface area contributed by atoms with Crippen molar-refractivity contribution in [1.29, 1.82) is 0 Å². The summed E-state index contributed by atoms with van der Waals surface area (Å²) < 4.78 is 9.67. The van der Waals surface area contributed by atoms with Crippen LogP contribution in [0.2, 0.25) is 0 Å². The SMILES string of the molecule is CC1OC(C)C(O[PH](O)(O)O)C1O. The van der Waals surface area contributed by atoms with Crippen LogP contribution in [0.3, 0.4) is 0 Å². The van der Waals surface area contributed by atoms with Crippen LogP contribution in [0.25, 0.3) is 0 Å². The standard InChI is InChI=1S/C6H15O6P/c1-3-5(7)6(4(2)11-3)12-13(8,9)10/h3-10,13H,1-2H3. The van der Waals surface area contributed by atoms with Gasteiger partial charge in [-0.15, -0.1) is 0 Å². The van der Waals surface area contributed by atoms with Crippen molar-refractivity contribution in [3.8, 4) is 0 Å². The summed E-state index contributed by atoms with van der Waals surface area (Å²) in [5, 5.41) is 9.43. The Kier molecular flexibility index (Phi) is 3.24. The molecule has 13 heavy (non-hydrogen) atoms. The molecule has 4 atom stereocenters. The molecule has 1 saturated heterocycles. The van der Waals surface area contributed by atoms with Gasteiger partial charge in [-0.1, -0.05) is 0 Å². The van der Waals surface area contributed by atoms with E-state index >= 15 is 0 Å². The molecule has 0 aromatic carbocycles. The van der Waals surface area contributed by atoms with Gasteiger partial charge in [-0.25, -0.2) is 0 Å². The van der Waals surface area contributed by atoms with E-state index in [9.17, 15) is 5.11 Å². The normalized spacial score (nSPS) is 42.3. The van der Waals surface area contributed by atoms with Crippen molar-refractivity contribution in [1.82, 2.24) is 0 Å². The Morgan fingerprint density at radius 3 is 2.00 bits per heavy atom. The van der Waals surface area contributed by atoms with Gasteiger partial charge in [0.2, 0.25) is 0 Å². The second-order valence-electron chi connectivity index (χ2n) is 3.19. The molecule has 0 amide bonds. The van der Waals surface area contributed by atoms with Crippen LogP contribution in [0.4, 0.5) is 0 Å². The topological polar surface area (TPSA) is 99.4 Å². The van der Waals surface area contributed by atoms with Gasteiger partial charge in [0.25, 0.3) is 0 Å². The van der Waals surface area contributed by atoms with Gasteiger partial charge in [0.1, 0.15) is 0 Å². The molecule has 1 aliphatic rings. The van der Waals surface area contributed by atoms with Crippen LogP contribution < -0.4 is 0 Å². The molecule has 1 rings (SSSR count). The fourth-order valence-corrected chi connectivity index (χ4v) is 2.09. The first kappa shape index (κ1) is 11.3. The second kappa shape index (κ2) is 3.74. The van der Waals surface area contributed by atoms with E-state index in [4.69, 9.17) is 19.4 Å². The zero-order valence-electron chi connectivity index (χ0n) is 7.41. The van der Waals surface area contributed by atoms with Crippen LogP contribution in [0.15, 0.2) is 0 Å². The molecule has 0 spiro atoms. The van der Waals surface area contributed by atoms with Crippen molar-refractivity contribution in [2.24, 2.45) is 0 Å². The number of aliphatic hydroxyl groups is 1. The zero-order chi connectivity index (χ0) is 10.2. The third-order valence-electron chi connectivity index (χ3n) is 2.00. The van der Waals surface area contributed by atoms with Crippen LogP contribution in [-0.4, -0.2) is 44.2 Å². The Balaban J connectivity index is 2.59. The van der Waals surface area contributed by atoms with Gasteiger partial charge >= 0.3 is 75.5 Å². The molecule has 6 nitrogen and oxygen atoms in total. The third kappa shape index (κ3) is 2.82. The summed E-state index contributed by atoms with van der Waals surface area (Å²) in [6.07, 6.45) is -2.74. The molecule has 0 aromatic heterocycles. The predicted octanol–water partition coefficient (Wildman–Crippen LogP) is -1.07. The Hall–Kier alpha value is 0.190. The van der Waals surface area contributed by atoms with Gasteiger partial charge in [0.15, 0.2) is 0 Å². The number of aliphatic hydroxyl groups excluding tert-OH is 1. The predicted molar refractivity (Wildman–Crippen MR) is 45.9 cm³/mol. The molecular formula is C6H15O6P. The van der Waals surface area contributed by atoms with Gasteiger partial charge in [0.05, 0.1) is 0 Å². The Morgan fingerprint density at radius 1 is 1.15 bits per heavy atom. The Morgan fingerprint density at radius 2 is 1.69 bits per heavy atom. The Labute approximate surface area is 76.4 Å². The van der Waals surface area contributed by atoms with Crippen molar-refractivity contribution in [2.75, 3.05) is 0 Å². The first-order chi connectivity index (χ1) is 5.81. The second-order valence-corrected chi connectivity index (χ2v) is 4.58. The van der Waals surface area contributed by atoms with Crippen LogP contribution in [-0.2, 0) is 9.26 Å². The molecule has 0 radical (unpaired) electrons. The van der Waals surface area contributed by atoms with E-state index < -0.39 is 32.6 Å². The molecule has 1 heterocycles. The van der Waals surface area contributed by atoms with Crippen molar-refractivity contribution >= 4 is 8.17 Å². The molecule has 4 unspecified atom stereocenters. The first-order valence-corrected chi connectivity index (χ1v) is 5.74. The van der Waals surface area contributed by atoms with E-state index in [2.05, 4.69) is 4.52 Å². The summed E-state index contributed by atoms with van der Waals surface area (Å²) >= 11 is 0. The van der Waals surface area contributed by atoms with Gasteiger partial charge in [0, 0.05) is 0 Å². The summed E-state index contributed by atoms with van der Waals surface area (Å²) in [5.41, 5.74) is 0. The molecule has 4 N–H and O–H groups in total. The minimum atomic E-state index is -4.58. The summed E-state index contributed by atoms with van der Waals surface area (Å²) in [6.45, 7) is 3.26. The molecule has 7 heteroatoms. The third-order valence-corrected chi connectivity index (χ3v) is 2.59. The summed E-state index contributed by atoms with van der Waals surface area (Å²) in [6, 6.07) is 0. The van der Waals surface area contributed by atoms with E-state index in [1.165, 1.54) is 0 Å². The summed E-state index contributed by atoms with van der Waals surface area (Å²) in [7, 11) is -4.58. The molecule has 0 aliphatic carbocycles. The van der Waals surface area contributed by atoms with Crippen molar-refractivity contribution in [3.05, 3.63) is 0 Å². The molecule has 1 aliphatic heterocycles. The van der Waals surface area contributed by atoms with Gasteiger partial charge in [-0.05, 0) is 0 Å². The molecule has 0 bridgehead atoms. The number of ether oxygens (including phenoxy) is 1. The maximum absolute atomic E-state index is 9.43. The monoisotopic (exact) mass is 214 g/mol. The Bertz CT molecular complexity index is 180. The van der Waals surface area contributed by atoms with E-state index in [0.29, 0.717) is 0 Å². The van der Waals surface area contributed by atoms with E-state index in [1.54, 1.807) is 13.8 Å².